The summed E-state index contributed by atoms with van der Waals surface area (Å²) in [5.74, 6) is 0.638. The Morgan fingerprint density at radius 1 is 1.35 bits per heavy atom. The fourth-order valence-corrected chi connectivity index (χ4v) is 1.36. The number of hydrogen-bond donors (Lipinski definition) is 2. The molecule has 0 unspecified atom stereocenters. The van der Waals surface area contributed by atoms with Crippen LogP contribution in [0, 0.1) is 0 Å². The van der Waals surface area contributed by atoms with Gasteiger partial charge in [-0.05, 0) is 32.5 Å². The van der Waals surface area contributed by atoms with Gasteiger partial charge >= 0.3 is 0 Å². The van der Waals surface area contributed by atoms with Crippen LogP contribution in [0.25, 0.3) is 0 Å². The van der Waals surface area contributed by atoms with Gasteiger partial charge in [0, 0.05) is 0 Å². The number of carbonyl (C=O) groups is 1. The highest BCUT2D eigenvalue weighted by atomic mass is 16.5. The van der Waals surface area contributed by atoms with Gasteiger partial charge in [0.25, 0.3) is 0 Å². The van der Waals surface area contributed by atoms with Crippen LogP contribution >= 0.6 is 0 Å². The van der Waals surface area contributed by atoms with E-state index in [1.807, 2.05) is 45.0 Å². The number of para-hydroxylation sites is 2. The molecular weight excluding hydrogens is 216 g/mol. The third-order valence-electron chi connectivity index (χ3n) is 2.06. The maximum Gasteiger partial charge on any atom is 0.238 e. The van der Waals surface area contributed by atoms with E-state index in [1.165, 1.54) is 0 Å². The zero-order chi connectivity index (χ0) is 12.7. The van der Waals surface area contributed by atoms with E-state index in [9.17, 15) is 4.79 Å². The second kappa shape index (κ2) is 6.91. The Kier molecular flexibility index (Phi) is 5.49. The maximum atomic E-state index is 11.6. The molecule has 0 saturated heterocycles. The number of amides is 1. The molecule has 0 aliphatic heterocycles. The molecule has 2 N–H and O–H groups in total. The molecule has 0 spiro atoms. The number of anilines is 1. The quantitative estimate of drug-likeness (QED) is 0.794. The maximum absolute atomic E-state index is 11.6. The molecule has 17 heavy (non-hydrogen) atoms. The van der Waals surface area contributed by atoms with Gasteiger partial charge in [-0.1, -0.05) is 19.1 Å². The number of likely N-dealkylation sites (N-methyl/N-ethyl adjacent to an activating group) is 1. The first-order valence-corrected chi connectivity index (χ1v) is 5.89. The summed E-state index contributed by atoms with van der Waals surface area (Å²) in [7, 11) is 0. The summed E-state index contributed by atoms with van der Waals surface area (Å²) >= 11 is 0. The summed E-state index contributed by atoms with van der Waals surface area (Å²) < 4.78 is 5.62. The highest BCUT2D eigenvalue weighted by Gasteiger charge is 2.07. The van der Waals surface area contributed by atoms with E-state index in [0.29, 0.717) is 18.0 Å². The Labute approximate surface area is 102 Å². The van der Waals surface area contributed by atoms with Gasteiger partial charge in [-0.3, -0.25) is 4.79 Å². The van der Waals surface area contributed by atoms with Crippen molar-refractivity contribution >= 4 is 11.6 Å². The molecule has 4 nitrogen and oxygen atoms in total. The molecule has 1 aromatic carbocycles. The Morgan fingerprint density at radius 3 is 2.71 bits per heavy atom. The normalized spacial score (nSPS) is 10.4. The minimum Gasteiger partial charge on any atom is -0.489 e. The first-order chi connectivity index (χ1) is 8.13. The van der Waals surface area contributed by atoms with E-state index in [2.05, 4.69) is 10.6 Å². The molecule has 0 fully saturated rings. The number of nitrogens with one attached hydrogen (secondary N) is 2. The smallest absolute Gasteiger partial charge is 0.238 e. The van der Waals surface area contributed by atoms with Gasteiger partial charge < -0.3 is 15.4 Å². The van der Waals surface area contributed by atoms with Crippen LogP contribution in [0.5, 0.6) is 5.75 Å². The Balaban J connectivity index is 2.66. The Hall–Kier alpha value is -1.55. The highest BCUT2D eigenvalue weighted by Crippen LogP contribution is 2.24. The van der Waals surface area contributed by atoms with Crippen molar-refractivity contribution in [2.24, 2.45) is 0 Å². The first kappa shape index (κ1) is 13.5. The van der Waals surface area contributed by atoms with Gasteiger partial charge in [0.1, 0.15) is 5.75 Å². The number of ether oxygens (including phenoxy) is 1. The highest BCUT2D eigenvalue weighted by molar-refractivity contribution is 5.93. The molecule has 0 atom stereocenters. The summed E-state index contributed by atoms with van der Waals surface area (Å²) in [4.78, 5) is 11.6. The molecule has 94 valence electrons. The molecule has 0 saturated carbocycles. The van der Waals surface area contributed by atoms with Crippen LogP contribution in [0.1, 0.15) is 20.8 Å². The van der Waals surface area contributed by atoms with Crippen molar-refractivity contribution in [1.82, 2.24) is 5.32 Å². The van der Waals surface area contributed by atoms with Crippen LogP contribution in [-0.2, 0) is 4.79 Å². The SMILES string of the molecule is CCNCC(=O)Nc1ccccc1OC(C)C. The van der Waals surface area contributed by atoms with Crippen LogP contribution in [0.2, 0.25) is 0 Å². The van der Waals surface area contributed by atoms with Gasteiger partial charge in [0.2, 0.25) is 5.91 Å². The van der Waals surface area contributed by atoms with Crippen LogP contribution in [-0.4, -0.2) is 25.1 Å². The number of hydrogen-bond acceptors (Lipinski definition) is 3. The fraction of sp³-hybridized carbons (Fsp3) is 0.462. The summed E-state index contributed by atoms with van der Waals surface area (Å²) in [6.07, 6.45) is 0.0850. The second-order valence-corrected chi connectivity index (χ2v) is 3.99. The lowest BCUT2D eigenvalue weighted by Gasteiger charge is -2.14. The fourth-order valence-electron chi connectivity index (χ4n) is 1.36. The second-order valence-electron chi connectivity index (χ2n) is 3.99. The average molecular weight is 236 g/mol. The number of carbonyl (C=O) groups excluding carboxylic acids is 1. The first-order valence-electron chi connectivity index (χ1n) is 5.89. The molecule has 0 aliphatic rings. The van der Waals surface area contributed by atoms with E-state index in [0.717, 1.165) is 6.54 Å². The summed E-state index contributed by atoms with van der Waals surface area (Å²) in [5.41, 5.74) is 0.712. The summed E-state index contributed by atoms with van der Waals surface area (Å²) in [6.45, 7) is 6.96. The third-order valence-corrected chi connectivity index (χ3v) is 2.06. The average Bonchev–Trinajstić information content (AvgIpc) is 2.28. The van der Waals surface area contributed by atoms with E-state index in [4.69, 9.17) is 4.74 Å². The van der Waals surface area contributed by atoms with Crippen molar-refractivity contribution in [2.45, 2.75) is 26.9 Å². The van der Waals surface area contributed by atoms with Gasteiger partial charge in [-0.15, -0.1) is 0 Å². The molecule has 4 heteroatoms. The predicted octanol–water partition coefficient (Wildman–Crippen LogP) is 2.02. The topological polar surface area (TPSA) is 50.4 Å². The van der Waals surface area contributed by atoms with Gasteiger partial charge in [0.15, 0.2) is 0 Å². The largest absolute Gasteiger partial charge is 0.489 e. The van der Waals surface area contributed by atoms with Crippen molar-refractivity contribution in [2.75, 3.05) is 18.4 Å². The lowest BCUT2D eigenvalue weighted by molar-refractivity contribution is -0.115. The van der Waals surface area contributed by atoms with E-state index in [-0.39, 0.29) is 12.0 Å². The molecule has 0 aromatic heterocycles. The molecule has 1 rings (SSSR count). The van der Waals surface area contributed by atoms with E-state index >= 15 is 0 Å². The molecule has 0 aliphatic carbocycles. The molecule has 0 heterocycles. The lowest BCUT2D eigenvalue weighted by atomic mass is 10.3. The molecule has 1 aromatic rings. The van der Waals surface area contributed by atoms with Gasteiger partial charge in [-0.2, -0.15) is 0 Å². The zero-order valence-electron chi connectivity index (χ0n) is 10.6. The van der Waals surface area contributed by atoms with Crippen LogP contribution in [0.4, 0.5) is 5.69 Å². The number of benzene rings is 1. The van der Waals surface area contributed by atoms with E-state index < -0.39 is 0 Å². The van der Waals surface area contributed by atoms with Crippen molar-refractivity contribution < 1.29 is 9.53 Å². The van der Waals surface area contributed by atoms with Gasteiger partial charge in [-0.25, -0.2) is 0 Å². The lowest BCUT2D eigenvalue weighted by Crippen LogP contribution is -2.28. The monoisotopic (exact) mass is 236 g/mol. The van der Waals surface area contributed by atoms with Crippen LogP contribution in [0.3, 0.4) is 0 Å². The van der Waals surface area contributed by atoms with Crippen molar-refractivity contribution in [3.05, 3.63) is 24.3 Å². The Morgan fingerprint density at radius 2 is 2.06 bits per heavy atom. The van der Waals surface area contributed by atoms with Crippen molar-refractivity contribution in [1.29, 1.82) is 0 Å². The minimum atomic E-state index is -0.0633. The van der Waals surface area contributed by atoms with Crippen LogP contribution < -0.4 is 15.4 Å². The van der Waals surface area contributed by atoms with Crippen molar-refractivity contribution in [3.63, 3.8) is 0 Å². The van der Waals surface area contributed by atoms with Crippen LogP contribution in [0.15, 0.2) is 24.3 Å². The Bertz CT molecular complexity index is 364. The third kappa shape index (κ3) is 4.87. The molecule has 0 bridgehead atoms. The molecular formula is C13H20N2O2. The number of rotatable bonds is 6. The standard InChI is InChI=1S/C13H20N2O2/c1-4-14-9-13(16)15-11-7-5-6-8-12(11)17-10(2)3/h5-8,10,14H,4,9H2,1-3H3,(H,15,16). The summed E-state index contributed by atoms with van der Waals surface area (Å²) in [6, 6.07) is 7.44. The molecule has 0 radical (unpaired) electrons. The minimum absolute atomic E-state index is 0.0633. The van der Waals surface area contributed by atoms with Crippen molar-refractivity contribution in [3.8, 4) is 5.75 Å². The van der Waals surface area contributed by atoms with Gasteiger partial charge in [0.05, 0.1) is 18.3 Å². The molecule has 1 amide bonds. The zero-order valence-corrected chi connectivity index (χ0v) is 10.6. The summed E-state index contributed by atoms with van der Waals surface area (Å²) in [5, 5.41) is 5.80. The predicted molar refractivity (Wildman–Crippen MR) is 69.4 cm³/mol. The van der Waals surface area contributed by atoms with E-state index in [1.54, 1.807) is 0 Å².